The van der Waals surface area contributed by atoms with Crippen molar-refractivity contribution in [3.05, 3.63) is 0 Å². The summed E-state index contributed by atoms with van der Waals surface area (Å²) in [5.41, 5.74) is 0. The fourth-order valence-electron chi connectivity index (χ4n) is 0.957. The van der Waals surface area contributed by atoms with E-state index in [1.54, 1.807) is 7.11 Å². The number of ether oxygens (including phenoxy) is 5. The van der Waals surface area contributed by atoms with Gasteiger partial charge < -0.3 is 23.7 Å². The van der Waals surface area contributed by atoms with Crippen molar-refractivity contribution in [3.8, 4) is 0 Å². The van der Waals surface area contributed by atoms with Crippen molar-refractivity contribution in [2.24, 2.45) is 0 Å². The molecule has 0 rings (SSSR count). The van der Waals surface area contributed by atoms with Crippen LogP contribution >= 0.6 is 0 Å². The van der Waals surface area contributed by atoms with Crippen molar-refractivity contribution < 1.29 is 28.5 Å². The second-order valence-corrected chi connectivity index (χ2v) is 2.65. The van der Waals surface area contributed by atoms with Gasteiger partial charge in [0.15, 0.2) is 0 Å². The number of carbonyl (C=O) groups excluding carboxylic acids is 1. The summed E-state index contributed by atoms with van der Waals surface area (Å²) in [6.45, 7) is 0.748. The van der Waals surface area contributed by atoms with E-state index in [0.717, 1.165) is 0 Å². The highest BCUT2D eigenvalue weighted by Crippen LogP contribution is 2.14. The molecule has 0 heterocycles. The Bertz CT molecular complexity index is 169. The molecule has 0 aliphatic carbocycles. The molecule has 0 amide bonds. The summed E-state index contributed by atoms with van der Waals surface area (Å²) in [6.07, 6.45) is 0.607. The van der Waals surface area contributed by atoms with E-state index in [1.165, 1.54) is 21.3 Å². The minimum absolute atomic E-state index is 0.227. The minimum Gasteiger partial charge on any atom is -0.460 e. The summed E-state index contributed by atoms with van der Waals surface area (Å²) < 4.78 is 24.1. The normalized spacial score (nSPS) is 11.5. The molecule has 0 N–H and O–H groups in total. The van der Waals surface area contributed by atoms with Crippen molar-refractivity contribution in [1.29, 1.82) is 0 Å². The molecule has 90 valence electrons. The molecular formula is C9H18O6. The molecule has 0 fully saturated rings. The van der Waals surface area contributed by atoms with E-state index < -0.39 is 11.9 Å². The largest absolute Gasteiger partial charge is 0.460 e. The summed E-state index contributed by atoms with van der Waals surface area (Å²) in [5.74, 6) is -2.49. The molecule has 0 atom stereocenters. The van der Waals surface area contributed by atoms with Crippen molar-refractivity contribution >= 4 is 5.97 Å². The van der Waals surface area contributed by atoms with Crippen LogP contribution in [0.4, 0.5) is 0 Å². The van der Waals surface area contributed by atoms with Gasteiger partial charge in [-0.05, 0) is 0 Å². The third-order valence-corrected chi connectivity index (χ3v) is 1.78. The second kappa shape index (κ2) is 7.58. The molecule has 6 heteroatoms. The first-order valence-electron chi connectivity index (χ1n) is 4.48. The highest BCUT2D eigenvalue weighted by atomic mass is 16.9. The van der Waals surface area contributed by atoms with Crippen LogP contribution in [0.1, 0.15) is 6.42 Å². The molecule has 0 radical (unpaired) electrons. The molecule has 0 bridgehead atoms. The molecule has 0 saturated heterocycles. The van der Waals surface area contributed by atoms with Crippen molar-refractivity contribution in [3.63, 3.8) is 0 Å². The Labute approximate surface area is 89.4 Å². The van der Waals surface area contributed by atoms with E-state index in [4.69, 9.17) is 23.7 Å². The van der Waals surface area contributed by atoms with Crippen LogP contribution in [0, 0.1) is 0 Å². The molecule has 6 nitrogen and oxygen atoms in total. The monoisotopic (exact) mass is 222 g/mol. The van der Waals surface area contributed by atoms with Gasteiger partial charge in [-0.3, -0.25) is 0 Å². The number of hydrogen-bond donors (Lipinski definition) is 0. The lowest BCUT2D eigenvalue weighted by Gasteiger charge is -2.25. The number of hydrogen-bond acceptors (Lipinski definition) is 6. The van der Waals surface area contributed by atoms with Crippen molar-refractivity contribution in [1.82, 2.24) is 0 Å². The maximum absolute atomic E-state index is 11.5. The zero-order valence-corrected chi connectivity index (χ0v) is 9.57. The summed E-state index contributed by atoms with van der Waals surface area (Å²) in [5, 5.41) is 0. The summed E-state index contributed by atoms with van der Waals surface area (Å²) >= 11 is 0. The molecule has 0 unspecified atom stereocenters. The summed E-state index contributed by atoms with van der Waals surface area (Å²) in [6, 6.07) is 0. The number of carbonyl (C=O) groups is 1. The Hall–Kier alpha value is -0.690. The molecule has 0 saturated carbocycles. The Morgan fingerprint density at radius 2 is 1.53 bits per heavy atom. The van der Waals surface area contributed by atoms with Crippen LogP contribution in [0.2, 0.25) is 0 Å². The minimum atomic E-state index is -1.77. The van der Waals surface area contributed by atoms with Crippen LogP contribution in [0.5, 0.6) is 0 Å². The highest BCUT2D eigenvalue weighted by Gasteiger charge is 2.41. The van der Waals surface area contributed by atoms with Gasteiger partial charge in [0.05, 0.1) is 6.61 Å². The van der Waals surface area contributed by atoms with Crippen molar-refractivity contribution in [2.45, 2.75) is 12.4 Å². The maximum atomic E-state index is 11.5. The van der Waals surface area contributed by atoms with Gasteiger partial charge in [0.25, 0.3) is 0 Å². The van der Waals surface area contributed by atoms with Gasteiger partial charge in [0, 0.05) is 41.5 Å². The highest BCUT2D eigenvalue weighted by molar-refractivity contribution is 5.76. The fraction of sp³-hybridized carbons (Fsp3) is 0.889. The fourth-order valence-corrected chi connectivity index (χ4v) is 0.957. The average Bonchev–Trinajstić information content (AvgIpc) is 2.28. The van der Waals surface area contributed by atoms with E-state index in [9.17, 15) is 4.79 Å². The average molecular weight is 222 g/mol. The Morgan fingerprint density at radius 3 is 1.93 bits per heavy atom. The van der Waals surface area contributed by atoms with E-state index in [1.807, 2.05) is 0 Å². The van der Waals surface area contributed by atoms with Gasteiger partial charge in [0.2, 0.25) is 0 Å². The van der Waals surface area contributed by atoms with E-state index >= 15 is 0 Å². The standard InChI is InChI=1S/C9H18O6/c1-11-6-5-7-15-8(10)9(12-2,13-3)14-4/h5-7H2,1-4H3. The van der Waals surface area contributed by atoms with Gasteiger partial charge in [-0.25, -0.2) is 4.79 Å². The van der Waals surface area contributed by atoms with Crippen LogP contribution in [-0.4, -0.2) is 53.6 Å². The molecule has 0 aromatic rings. The lowest BCUT2D eigenvalue weighted by Crippen LogP contribution is -2.46. The van der Waals surface area contributed by atoms with Gasteiger partial charge in [-0.2, -0.15) is 0 Å². The van der Waals surface area contributed by atoms with E-state index in [0.29, 0.717) is 13.0 Å². The van der Waals surface area contributed by atoms with E-state index in [-0.39, 0.29) is 6.61 Å². The quantitative estimate of drug-likeness (QED) is 0.331. The number of rotatable bonds is 8. The number of methoxy groups -OCH3 is 4. The molecule has 0 spiro atoms. The second-order valence-electron chi connectivity index (χ2n) is 2.65. The third kappa shape index (κ3) is 4.13. The Morgan fingerprint density at radius 1 is 1.00 bits per heavy atom. The van der Waals surface area contributed by atoms with Gasteiger partial charge >= 0.3 is 11.9 Å². The molecule has 0 aliphatic heterocycles. The lowest BCUT2D eigenvalue weighted by atomic mass is 10.5. The lowest BCUT2D eigenvalue weighted by molar-refractivity contribution is -0.338. The summed E-state index contributed by atoms with van der Waals surface area (Å²) in [4.78, 5) is 11.5. The SMILES string of the molecule is COCCCOC(=O)C(OC)(OC)OC. The van der Waals surface area contributed by atoms with Crippen LogP contribution < -0.4 is 0 Å². The van der Waals surface area contributed by atoms with Gasteiger partial charge in [0.1, 0.15) is 0 Å². The number of esters is 1. The maximum Gasteiger partial charge on any atom is 0.398 e. The third-order valence-electron chi connectivity index (χ3n) is 1.78. The first-order valence-corrected chi connectivity index (χ1v) is 4.48. The molecule has 15 heavy (non-hydrogen) atoms. The van der Waals surface area contributed by atoms with Gasteiger partial charge in [-0.15, -0.1) is 0 Å². The zero-order valence-electron chi connectivity index (χ0n) is 9.57. The van der Waals surface area contributed by atoms with Crippen molar-refractivity contribution in [2.75, 3.05) is 41.7 Å². The molecule has 0 aliphatic rings. The predicted octanol–water partition coefficient (Wildman–Crippen LogP) is 0.159. The first kappa shape index (κ1) is 14.3. The van der Waals surface area contributed by atoms with Crippen LogP contribution in [0.25, 0.3) is 0 Å². The van der Waals surface area contributed by atoms with Crippen LogP contribution in [0.15, 0.2) is 0 Å². The summed E-state index contributed by atoms with van der Waals surface area (Å²) in [7, 11) is 5.46. The Kier molecular flexibility index (Phi) is 7.23. The topological polar surface area (TPSA) is 63.2 Å². The molecule has 0 aromatic carbocycles. The first-order chi connectivity index (χ1) is 7.16. The van der Waals surface area contributed by atoms with Gasteiger partial charge in [-0.1, -0.05) is 0 Å². The van der Waals surface area contributed by atoms with Crippen LogP contribution in [0.3, 0.4) is 0 Å². The smallest absolute Gasteiger partial charge is 0.398 e. The van der Waals surface area contributed by atoms with E-state index in [2.05, 4.69) is 0 Å². The zero-order chi connectivity index (χ0) is 11.7. The molecule has 0 aromatic heterocycles. The molecular weight excluding hydrogens is 204 g/mol. The predicted molar refractivity (Wildman–Crippen MR) is 51.2 cm³/mol. The Balaban J connectivity index is 4.04. The van der Waals surface area contributed by atoms with Crippen LogP contribution in [-0.2, 0) is 28.5 Å².